The summed E-state index contributed by atoms with van der Waals surface area (Å²) in [6.07, 6.45) is -4.74. The number of Topliss-reactive ketones (excluding diaryl/α,β-unsaturated/α-hetero) is 2. The van der Waals surface area contributed by atoms with Gasteiger partial charge in [-0.2, -0.15) is 0 Å². The second-order valence-corrected chi connectivity index (χ2v) is 16.2. The number of benzene rings is 2. The van der Waals surface area contributed by atoms with Crippen molar-refractivity contribution in [2.75, 3.05) is 20.8 Å². The fraction of sp³-hybridized carbons (Fsp3) is 0.705. The standard InChI is InChI=1S/C44H66O16/c1-9-10-11-12-13-14-15-16-33(47)58-25(5)39(50)42(53)44(55-8)29-18-27-17-28-19-32(22(2)37(48)35(28)40(51)36(27)41(52)43(29)54-7)60-26(6)57-23(3)31(46)21-56-34-20-30(45)38(49)24(4)59-34/h17,19,23-26,29-31,34,38-39,43-46,48-51H,9-16,18,20-21H2,1-8H3/t23?,24?,25-,26?,29-,30?,31+,34-,38-,39+,43+,44+/m1/s1. The van der Waals surface area contributed by atoms with E-state index in [9.17, 15) is 45.0 Å². The van der Waals surface area contributed by atoms with Crippen molar-refractivity contribution in [1.29, 1.82) is 0 Å². The van der Waals surface area contributed by atoms with Gasteiger partial charge in [0.05, 0.1) is 35.9 Å². The molecule has 2 aromatic rings. The molecule has 0 radical (unpaired) electrons. The minimum atomic E-state index is -1.76. The molecule has 0 saturated carbocycles. The molecule has 0 spiro atoms. The van der Waals surface area contributed by atoms with E-state index in [0.717, 1.165) is 32.1 Å². The van der Waals surface area contributed by atoms with E-state index in [4.69, 9.17) is 33.2 Å². The van der Waals surface area contributed by atoms with Gasteiger partial charge >= 0.3 is 5.97 Å². The monoisotopic (exact) mass is 850 g/mol. The molecule has 12 atom stereocenters. The minimum Gasteiger partial charge on any atom is -0.507 e. The number of unbranched alkanes of at least 4 members (excludes halogenated alkanes) is 6. The van der Waals surface area contributed by atoms with Crippen LogP contribution in [0.4, 0.5) is 0 Å². The molecule has 6 N–H and O–H groups in total. The van der Waals surface area contributed by atoms with Crippen molar-refractivity contribution in [3.05, 3.63) is 28.8 Å². The third kappa shape index (κ3) is 11.9. The van der Waals surface area contributed by atoms with E-state index in [-0.39, 0.29) is 53.9 Å². The molecule has 4 rings (SSSR count). The number of ketones is 2. The van der Waals surface area contributed by atoms with Crippen LogP contribution in [0.5, 0.6) is 17.2 Å². The molecule has 60 heavy (non-hydrogen) atoms. The second kappa shape index (κ2) is 22.6. The predicted octanol–water partition coefficient (Wildman–Crippen LogP) is 4.31. The number of hydrogen-bond donors (Lipinski definition) is 6. The van der Waals surface area contributed by atoms with E-state index in [0.29, 0.717) is 17.4 Å². The number of methoxy groups -OCH3 is 2. The van der Waals surface area contributed by atoms with Crippen molar-refractivity contribution >= 4 is 28.3 Å². The van der Waals surface area contributed by atoms with Crippen LogP contribution in [0.2, 0.25) is 0 Å². The van der Waals surface area contributed by atoms with Crippen LogP contribution in [-0.4, -0.2) is 137 Å². The van der Waals surface area contributed by atoms with Crippen LogP contribution in [0.1, 0.15) is 114 Å². The summed E-state index contributed by atoms with van der Waals surface area (Å²) in [6.45, 7) is 9.73. The number of phenols is 2. The first kappa shape index (κ1) is 49.2. The molecule has 0 amide bonds. The van der Waals surface area contributed by atoms with Gasteiger partial charge in [0.1, 0.15) is 47.8 Å². The molecule has 1 fully saturated rings. The SMILES string of the molecule is CCCCCCCCCC(=O)O[C@H](C)[C@H](O)C(=O)[C@@H](OC)[C@@H]1Cc2cc3cc(OC(C)OC(C)[C@@H](O)CO[C@H]4CC(O)[C@H](O)C(C)O4)c(C)c(O)c3c(O)c2C(=O)[C@H]1OC. The van der Waals surface area contributed by atoms with Crippen molar-refractivity contribution in [3.63, 3.8) is 0 Å². The van der Waals surface area contributed by atoms with Gasteiger partial charge in [-0.05, 0) is 70.5 Å². The number of aliphatic hydroxyl groups is 4. The molecule has 4 unspecified atom stereocenters. The molecule has 16 nitrogen and oxygen atoms in total. The van der Waals surface area contributed by atoms with Gasteiger partial charge < -0.3 is 63.8 Å². The number of rotatable bonds is 23. The molecule has 2 aliphatic rings. The number of aromatic hydroxyl groups is 2. The Morgan fingerprint density at radius 3 is 2.25 bits per heavy atom. The zero-order valence-corrected chi connectivity index (χ0v) is 36.1. The van der Waals surface area contributed by atoms with Crippen LogP contribution in [-0.2, 0) is 44.4 Å². The Labute approximate surface area is 352 Å². The van der Waals surface area contributed by atoms with Gasteiger partial charge in [0, 0.05) is 38.5 Å². The Morgan fingerprint density at radius 2 is 1.62 bits per heavy atom. The average Bonchev–Trinajstić information content (AvgIpc) is 3.20. The summed E-state index contributed by atoms with van der Waals surface area (Å²) in [4.78, 5) is 40.3. The highest BCUT2D eigenvalue weighted by Gasteiger charge is 2.47. The summed E-state index contributed by atoms with van der Waals surface area (Å²) in [7, 11) is 2.55. The summed E-state index contributed by atoms with van der Waals surface area (Å²) >= 11 is 0. The van der Waals surface area contributed by atoms with E-state index >= 15 is 0 Å². The highest BCUT2D eigenvalue weighted by atomic mass is 16.7. The average molecular weight is 851 g/mol. The predicted molar refractivity (Wildman–Crippen MR) is 218 cm³/mol. The Bertz CT molecular complexity index is 1740. The molecule has 16 heteroatoms. The Balaban J connectivity index is 1.46. The number of esters is 1. The van der Waals surface area contributed by atoms with Crippen molar-refractivity contribution < 1.29 is 78.2 Å². The minimum absolute atomic E-state index is 0.00595. The first-order chi connectivity index (χ1) is 28.4. The maximum absolute atomic E-state index is 14.0. The van der Waals surface area contributed by atoms with Crippen LogP contribution in [0.3, 0.4) is 0 Å². The van der Waals surface area contributed by atoms with E-state index in [1.807, 2.05) is 0 Å². The summed E-state index contributed by atoms with van der Waals surface area (Å²) in [5.41, 5.74) is 0.468. The van der Waals surface area contributed by atoms with Crippen molar-refractivity contribution in [1.82, 2.24) is 0 Å². The normalized spacial score (nSPS) is 24.9. The number of ether oxygens (including phenoxy) is 7. The van der Waals surface area contributed by atoms with E-state index in [1.54, 1.807) is 39.8 Å². The highest BCUT2D eigenvalue weighted by molar-refractivity contribution is 6.11. The van der Waals surface area contributed by atoms with Crippen LogP contribution in [0.25, 0.3) is 10.8 Å². The number of aliphatic hydroxyl groups excluding tert-OH is 4. The lowest BCUT2D eigenvalue weighted by Crippen LogP contribution is -2.52. The fourth-order valence-electron chi connectivity index (χ4n) is 8.00. The molecule has 2 aromatic carbocycles. The van der Waals surface area contributed by atoms with Crippen molar-refractivity contribution in [2.45, 2.75) is 173 Å². The Kier molecular flexibility index (Phi) is 18.5. The van der Waals surface area contributed by atoms with Gasteiger partial charge in [-0.1, -0.05) is 45.4 Å². The van der Waals surface area contributed by atoms with Crippen molar-refractivity contribution in [3.8, 4) is 17.2 Å². The van der Waals surface area contributed by atoms with Gasteiger partial charge in [0.2, 0.25) is 0 Å². The molecule has 1 heterocycles. The number of carbonyl (C=O) groups is 3. The summed E-state index contributed by atoms with van der Waals surface area (Å²) in [5, 5.41) is 64.8. The number of phenolic OH excluding ortho intramolecular Hbond substituents is 2. The lowest BCUT2D eigenvalue weighted by Gasteiger charge is -2.36. The van der Waals surface area contributed by atoms with Gasteiger partial charge in [-0.3, -0.25) is 14.4 Å². The van der Waals surface area contributed by atoms with E-state index < -0.39 is 96.7 Å². The van der Waals surface area contributed by atoms with E-state index in [2.05, 4.69) is 6.92 Å². The summed E-state index contributed by atoms with van der Waals surface area (Å²) < 4.78 is 39.7. The topological polar surface area (TPSA) is 237 Å². The van der Waals surface area contributed by atoms with Gasteiger partial charge in [0.15, 0.2) is 30.3 Å². The maximum Gasteiger partial charge on any atom is 0.306 e. The van der Waals surface area contributed by atoms with E-state index in [1.165, 1.54) is 27.6 Å². The molecule has 0 aromatic heterocycles. The Morgan fingerprint density at radius 1 is 0.950 bits per heavy atom. The summed E-state index contributed by atoms with van der Waals surface area (Å²) in [6, 6.07) is 3.15. The molecular weight excluding hydrogens is 784 g/mol. The maximum atomic E-state index is 14.0. The molecule has 1 saturated heterocycles. The number of hydrogen-bond acceptors (Lipinski definition) is 16. The molecule has 0 bridgehead atoms. The van der Waals surface area contributed by atoms with Crippen LogP contribution >= 0.6 is 0 Å². The Hall–Kier alpha value is -3.45. The molecule has 338 valence electrons. The van der Waals surface area contributed by atoms with Gasteiger partial charge in [-0.25, -0.2) is 0 Å². The fourth-order valence-corrected chi connectivity index (χ4v) is 8.00. The third-order valence-corrected chi connectivity index (χ3v) is 11.6. The first-order valence-corrected chi connectivity index (χ1v) is 21.1. The van der Waals surface area contributed by atoms with Gasteiger partial charge in [-0.15, -0.1) is 0 Å². The van der Waals surface area contributed by atoms with Crippen molar-refractivity contribution in [2.24, 2.45) is 5.92 Å². The molecule has 1 aliphatic carbocycles. The smallest absolute Gasteiger partial charge is 0.306 e. The summed E-state index contributed by atoms with van der Waals surface area (Å²) in [5.74, 6) is -3.60. The lowest BCUT2D eigenvalue weighted by molar-refractivity contribution is -0.256. The third-order valence-electron chi connectivity index (χ3n) is 11.6. The number of fused-ring (bicyclic) bond motifs is 2. The highest BCUT2D eigenvalue weighted by Crippen LogP contribution is 2.46. The van der Waals surface area contributed by atoms with Gasteiger partial charge in [0.25, 0.3) is 0 Å². The number of carbonyl (C=O) groups excluding carboxylic acids is 3. The van der Waals surface area contributed by atoms with Crippen LogP contribution in [0.15, 0.2) is 12.1 Å². The molecule has 1 aliphatic heterocycles. The quantitative estimate of drug-likeness (QED) is 0.0519. The van der Waals surface area contributed by atoms with Crippen LogP contribution < -0.4 is 4.74 Å². The second-order valence-electron chi connectivity index (χ2n) is 16.2. The molecular formula is C44H66O16. The lowest BCUT2D eigenvalue weighted by atomic mass is 9.75. The first-order valence-electron chi connectivity index (χ1n) is 21.1. The zero-order valence-electron chi connectivity index (χ0n) is 36.1. The zero-order chi connectivity index (χ0) is 44.4. The van der Waals surface area contributed by atoms with Crippen LogP contribution in [0, 0.1) is 12.8 Å². The largest absolute Gasteiger partial charge is 0.507 e.